The van der Waals surface area contributed by atoms with E-state index in [0.717, 1.165) is 5.69 Å². The van der Waals surface area contributed by atoms with E-state index in [2.05, 4.69) is 5.32 Å². The molecule has 0 saturated heterocycles. The van der Waals surface area contributed by atoms with E-state index in [-0.39, 0.29) is 17.2 Å². The zero-order chi connectivity index (χ0) is 16.2. The van der Waals surface area contributed by atoms with Crippen molar-refractivity contribution < 1.29 is 14.3 Å². The second-order valence-corrected chi connectivity index (χ2v) is 5.48. The lowest BCUT2D eigenvalue weighted by atomic mass is 10.0. The average Bonchev–Trinajstić information content (AvgIpc) is 2.84. The number of ketones is 1. The van der Waals surface area contributed by atoms with Gasteiger partial charge in [-0.2, -0.15) is 0 Å². The summed E-state index contributed by atoms with van der Waals surface area (Å²) in [6.07, 6.45) is -0.663. The van der Waals surface area contributed by atoms with Crippen LogP contribution in [0.2, 0.25) is 0 Å². The lowest BCUT2D eigenvalue weighted by Gasteiger charge is -2.15. The van der Waals surface area contributed by atoms with Gasteiger partial charge in [-0.3, -0.25) is 4.79 Å². The first kappa shape index (κ1) is 15.3. The van der Waals surface area contributed by atoms with Crippen molar-refractivity contribution >= 4 is 29.0 Å². The molecule has 2 aromatic carbocycles. The molecule has 3 rings (SSSR count). The van der Waals surface area contributed by atoms with Gasteiger partial charge in [-0.15, -0.1) is 0 Å². The Kier molecular flexibility index (Phi) is 4.44. The molecule has 0 spiro atoms. The molecule has 5 heteroatoms. The van der Waals surface area contributed by atoms with Gasteiger partial charge in [0.2, 0.25) is 0 Å². The van der Waals surface area contributed by atoms with Gasteiger partial charge in [-0.25, -0.2) is 4.79 Å². The number of hydrogen-bond acceptors (Lipinski definition) is 4. The van der Waals surface area contributed by atoms with Crippen LogP contribution in [0, 0.1) is 0 Å². The molecule has 0 aliphatic carbocycles. The molecule has 0 bridgehead atoms. The molecular weight excluding hydrogens is 314 g/mol. The third kappa shape index (κ3) is 3.43. The number of para-hydroxylation sites is 1. The monoisotopic (exact) mass is 327 g/mol. The minimum atomic E-state index is -0.706. The molecule has 2 aromatic rings. The molecule has 1 aliphatic heterocycles. The second-order valence-electron chi connectivity index (χ2n) is 5.11. The fourth-order valence-electron chi connectivity index (χ4n) is 2.36. The Hall–Kier alpha value is -2.59. The molecule has 1 aliphatic rings. The molecule has 0 radical (unpaired) electrons. The third-order valence-corrected chi connectivity index (χ3v) is 3.86. The van der Waals surface area contributed by atoms with E-state index in [1.165, 1.54) is 0 Å². The van der Waals surface area contributed by atoms with Gasteiger partial charge in [0.25, 0.3) is 0 Å². The molecule has 0 aromatic heterocycles. The van der Waals surface area contributed by atoms with Crippen molar-refractivity contribution in [2.75, 3.05) is 5.32 Å². The number of benzene rings is 2. The zero-order valence-electron chi connectivity index (χ0n) is 12.2. The van der Waals surface area contributed by atoms with Gasteiger partial charge in [-0.1, -0.05) is 60.1 Å². The summed E-state index contributed by atoms with van der Waals surface area (Å²) in [5, 5.41) is 3.06. The van der Waals surface area contributed by atoms with E-state index in [0.29, 0.717) is 11.3 Å². The highest BCUT2D eigenvalue weighted by Crippen LogP contribution is 2.29. The molecular formula is C18H14ClNO3. The van der Waals surface area contributed by atoms with Crippen LogP contribution in [0.1, 0.15) is 16.8 Å². The van der Waals surface area contributed by atoms with Crippen LogP contribution in [0.4, 0.5) is 5.69 Å². The number of hydrogen-bond donors (Lipinski definition) is 1. The Morgan fingerprint density at radius 1 is 1.04 bits per heavy atom. The average molecular weight is 328 g/mol. The Morgan fingerprint density at radius 2 is 1.65 bits per heavy atom. The van der Waals surface area contributed by atoms with Crippen LogP contribution < -0.4 is 5.32 Å². The summed E-state index contributed by atoms with van der Waals surface area (Å²) in [5.74, 6) is -0.724. The number of anilines is 1. The highest BCUT2D eigenvalue weighted by Gasteiger charge is 2.35. The van der Waals surface area contributed by atoms with E-state index in [1.807, 2.05) is 36.4 Å². The lowest BCUT2D eigenvalue weighted by molar-refractivity contribution is -0.138. The third-order valence-electron chi connectivity index (χ3n) is 3.51. The Labute approximate surface area is 138 Å². The fraction of sp³-hybridized carbons (Fsp3) is 0.111. The summed E-state index contributed by atoms with van der Waals surface area (Å²) in [7, 11) is 0. The first-order valence-corrected chi connectivity index (χ1v) is 7.54. The minimum absolute atomic E-state index is 0.0142. The highest BCUT2D eigenvalue weighted by molar-refractivity contribution is 6.42. The van der Waals surface area contributed by atoms with E-state index < -0.39 is 12.1 Å². The zero-order valence-corrected chi connectivity index (χ0v) is 12.9. The number of rotatable bonds is 5. The normalized spacial score (nSPS) is 17.1. The molecule has 4 nitrogen and oxygen atoms in total. The van der Waals surface area contributed by atoms with Crippen LogP contribution in [0.3, 0.4) is 0 Å². The molecule has 0 saturated carbocycles. The van der Waals surface area contributed by atoms with Gasteiger partial charge in [0, 0.05) is 11.3 Å². The second kappa shape index (κ2) is 6.67. The van der Waals surface area contributed by atoms with Gasteiger partial charge in [0.1, 0.15) is 5.03 Å². The fourth-order valence-corrected chi connectivity index (χ4v) is 2.57. The van der Waals surface area contributed by atoms with Crippen molar-refractivity contribution in [3.63, 3.8) is 0 Å². The number of ether oxygens (including phenoxy) is 1. The van der Waals surface area contributed by atoms with Crippen molar-refractivity contribution in [1.29, 1.82) is 0 Å². The number of esters is 1. The first-order chi connectivity index (χ1) is 11.1. The highest BCUT2D eigenvalue weighted by atomic mass is 35.5. The van der Waals surface area contributed by atoms with Crippen LogP contribution >= 0.6 is 11.6 Å². The van der Waals surface area contributed by atoms with Crippen molar-refractivity contribution in [3.8, 4) is 0 Å². The lowest BCUT2D eigenvalue weighted by Crippen LogP contribution is -2.21. The largest absolute Gasteiger partial charge is 0.451 e. The standard InChI is InChI=1S/C18H14ClNO3/c19-16-17(20-13-9-5-2-6-10-13)15(23-18(16)22)11-14(21)12-7-3-1-4-8-12/h1-10,15,20H,11H2/t15-/m1/s1. The molecule has 0 amide bonds. The molecule has 23 heavy (non-hydrogen) atoms. The summed E-state index contributed by atoms with van der Waals surface area (Å²) < 4.78 is 5.22. The first-order valence-electron chi connectivity index (χ1n) is 7.16. The number of halogens is 1. The number of cyclic esters (lactones) is 1. The van der Waals surface area contributed by atoms with Crippen molar-refractivity contribution in [3.05, 3.63) is 77.0 Å². The molecule has 1 heterocycles. The van der Waals surface area contributed by atoms with Gasteiger partial charge in [-0.05, 0) is 12.1 Å². The quantitative estimate of drug-likeness (QED) is 0.671. The Balaban J connectivity index is 1.79. The molecule has 1 atom stereocenters. The number of Topliss-reactive ketones (excluding diaryl/α,β-unsaturated/α-hetero) is 1. The molecule has 0 fully saturated rings. The maximum absolute atomic E-state index is 12.3. The maximum atomic E-state index is 12.3. The summed E-state index contributed by atoms with van der Waals surface area (Å²) in [6, 6.07) is 18.2. The van der Waals surface area contributed by atoms with Crippen LogP contribution in [0.15, 0.2) is 71.4 Å². The van der Waals surface area contributed by atoms with Crippen LogP contribution in [0.25, 0.3) is 0 Å². The minimum Gasteiger partial charge on any atom is -0.451 e. The van der Waals surface area contributed by atoms with Crippen molar-refractivity contribution in [1.82, 2.24) is 0 Å². The van der Waals surface area contributed by atoms with Gasteiger partial charge < -0.3 is 10.1 Å². The molecule has 116 valence electrons. The van der Waals surface area contributed by atoms with E-state index >= 15 is 0 Å². The van der Waals surface area contributed by atoms with Crippen molar-refractivity contribution in [2.24, 2.45) is 0 Å². The molecule has 1 N–H and O–H groups in total. The predicted molar refractivity (Wildman–Crippen MR) is 88.2 cm³/mol. The van der Waals surface area contributed by atoms with Crippen LogP contribution in [-0.2, 0) is 9.53 Å². The summed E-state index contributed by atoms with van der Waals surface area (Å²) in [6.45, 7) is 0. The molecule has 0 unspecified atom stereocenters. The Morgan fingerprint density at radius 3 is 2.30 bits per heavy atom. The van der Waals surface area contributed by atoms with Crippen molar-refractivity contribution in [2.45, 2.75) is 12.5 Å². The SMILES string of the molecule is O=C1O[C@H](CC(=O)c2ccccc2)C(Nc2ccccc2)=C1Cl. The smallest absolute Gasteiger partial charge is 0.352 e. The number of nitrogens with one attached hydrogen (secondary N) is 1. The number of carbonyl (C=O) groups excluding carboxylic acids is 2. The van der Waals surface area contributed by atoms with Crippen LogP contribution in [-0.4, -0.2) is 17.9 Å². The van der Waals surface area contributed by atoms with Gasteiger partial charge in [0.15, 0.2) is 11.9 Å². The van der Waals surface area contributed by atoms with E-state index in [1.54, 1.807) is 24.3 Å². The van der Waals surface area contributed by atoms with Gasteiger partial charge >= 0.3 is 5.97 Å². The van der Waals surface area contributed by atoms with Crippen LogP contribution in [0.5, 0.6) is 0 Å². The predicted octanol–water partition coefficient (Wildman–Crippen LogP) is 3.75. The number of carbonyl (C=O) groups is 2. The van der Waals surface area contributed by atoms with E-state index in [4.69, 9.17) is 16.3 Å². The summed E-state index contributed by atoms with van der Waals surface area (Å²) in [4.78, 5) is 24.1. The topological polar surface area (TPSA) is 55.4 Å². The maximum Gasteiger partial charge on any atom is 0.352 e. The Bertz CT molecular complexity index is 756. The summed E-state index contributed by atoms with van der Waals surface area (Å²) in [5.41, 5.74) is 1.77. The van der Waals surface area contributed by atoms with Gasteiger partial charge in [0.05, 0.1) is 12.1 Å². The summed E-state index contributed by atoms with van der Waals surface area (Å²) >= 11 is 6.03. The van der Waals surface area contributed by atoms with E-state index in [9.17, 15) is 9.59 Å².